The fraction of sp³-hybridized carbons (Fsp3) is 0.364. The molecule has 1 amide bonds. The Bertz CT molecular complexity index is 416. The number of amides is 1. The zero-order valence-corrected chi connectivity index (χ0v) is 7.99. The van der Waals surface area contributed by atoms with Crippen LogP contribution in [0.25, 0.3) is 0 Å². The molecular formula is C11H11NO2. The van der Waals surface area contributed by atoms with Crippen LogP contribution in [-0.4, -0.2) is 11.6 Å². The van der Waals surface area contributed by atoms with Gasteiger partial charge in [-0.1, -0.05) is 12.1 Å². The van der Waals surface area contributed by atoms with E-state index in [0.717, 1.165) is 17.9 Å². The lowest BCUT2D eigenvalue weighted by Crippen LogP contribution is -2.43. The lowest BCUT2D eigenvalue weighted by Gasteiger charge is -2.25. The fourth-order valence-corrected chi connectivity index (χ4v) is 2.28. The lowest BCUT2D eigenvalue weighted by atomic mass is 10.2. The van der Waals surface area contributed by atoms with Gasteiger partial charge in [-0.3, -0.25) is 9.69 Å². The van der Waals surface area contributed by atoms with E-state index in [1.807, 2.05) is 31.2 Å². The lowest BCUT2D eigenvalue weighted by molar-refractivity contribution is -0.117. The van der Waals surface area contributed by atoms with E-state index in [1.165, 1.54) is 0 Å². The summed E-state index contributed by atoms with van der Waals surface area (Å²) in [7, 11) is 0. The molecule has 3 nitrogen and oxygen atoms in total. The Morgan fingerprint density at radius 2 is 2.21 bits per heavy atom. The van der Waals surface area contributed by atoms with Crippen molar-refractivity contribution in [2.75, 3.05) is 4.90 Å². The number of benzene rings is 1. The van der Waals surface area contributed by atoms with Crippen LogP contribution < -0.4 is 9.64 Å². The molecule has 0 aromatic heterocycles. The Labute approximate surface area is 82.3 Å². The average molecular weight is 189 g/mol. The highest BCUT2D eigenvalue weighted by molar-refractivity contribution is 5.99. The van der Waals surface area contributed by atoms with Crippen LogP contribution in [0.15, 0.2) is 24.3 Å². The molecule has 2 aliphatic rings. The van der Waals surface area contributed by atoms with Crippen LogP contribution in [0, 0.1) is 0 Å². The summed E-state index contributed by atoms with van der Waals surface area (Å²) in [6.07, 6.45) is 1.37. The highest BCUT2D eigenvalue weighted by Crippen LogP contribution is 2.47. The van der Waals surface area contributed by atoms with Gasteiger partial charge in [0.2, 0.25) is 5.91 Å². The molecule has 0 unspecified atom stereocenters. The average Bonchev–Trinajstić information content (AvgIpc) is 2.60. The number of fused-ring (bicyclic) bond motifs is 3. The molecule has 0 N–H and O–H groups in total. The van der Waals surface area contributed by atoms with Crippen LogP contribution >= 0.6 is 0 Å². The molecule has 1 saturated heterocycles. The molecule has 0 radical (unpaired) electrons. The second kappa shape index (κ2) is 2.29. The van der Waals surface area contributed by atoms with E-state index in [-0.39, 0.29) is 5.91 Å². The minimum absolute atomic E-state index is 0.164. The van der Waals surface area contributed by atoms with Crippen LogP contribution in [-0.2, 0) is 4.79 Å². The summed E-state index contributed by atoms with van der Waals surface area (Å²) in [6.45, 7) is 1.97. The molecule has 1 aromatic rings. The van der Waals surface area contributed by atoms with E-state index in [2.05, 4.69) is 0 Å². The van der Waals surface area contributed by atoms with Gasteiger partial charge in [0.1, 0.15) is 5.75 Å². The predicted molar refractivity (Wildman–Crippen MR) is 52.2 cm³/mol. The zero-order chi connectivity index (χ0) is 9.76. The number of ether oxygens (including phenoxy) is 1. The first kappa shape index (κ1) is 7.85. The molecule has 72 valence electrons. The quantitative estimate of drug-likeness (QED) is 0.624. The van der Waals surface area contributed by atoms with Crippen LogP contribution in [0.4, 0.5) is 5.69 Å². The second-order valence-corrected chi connectivity index (χ2v) is 3.97. The monoisotopic (exact) mass is 189 g/mol. The van der Waals surface area contributed by atoms with Gasteiger partial charge in [-0.2, -0.15) is 0 Å². The van der Waals surface area contributed by atoms with Gasteiger partial charge in [-0.15, -0.1) is 0 Å². The zero-order valence-electron chi connectivity index (χ0n) is 7.99. The van der Waals surface area contributed by atoms with Gasteiger partial charge in [0.25, 0.3) is 0 Å². The maximum atomic E-state index is 11.7. The Hall–Kier alpha value is -1.51. The van der Waals surface area contributed by atoms with Crippen molar-refractivity contribution in [3.8, 4) is 5.75 Å². The van der Waals surface area contributed by atoms with Gasteiger partial charge in [0, 0.05) is 12.8 Å². The van der Waals surface area contributed by atoms with Crippen molar-refractivity contribution in [2.24, 2.45) is 0 Å². The normalized spacial score (nSPS) is 28.6. The first-order chi connectivity index (χ1) is 6.71. The SMILES string of the molecule is C[C@]12CCC(=O)N1c1ccccc1O2. The van der Waals surface area contributed by atoms with E-state index in [4.69, 9.17) is 4.74 Å². The third-order valence-electron chi connectivity index (χ3n) is 2.96. The third kappa shape index (κ3) is 0.794. The molecule has 3 rings (SSSR count). The van der Waals surface area contributed by atoms with Crippen molar-refractivity contribution in [1.82, 2.24) is 0 Å². The van der Waals surface area contributed by atoms with Crippen molar-refractivity contribution in [3.05, 3.63) is 24.3 Å². The summed E-state index contributed by atoms with van der Waals surface area (Å²) < 4.78 is 5.79. The van der Waals surface area contributed by atoms with Crippen LogP contribution in [0.2, 0.25) is 0 Å². The Balaban J connectivity index is 2.18. The van der Waals surface area contributed by atoms with Gasteiger partial charge < -0.3 is 4.74 Å². The molecule has 0 bridgehead atoms. The van der Waals surface area contributed by atoms with Crippen LogP contribution in [0.3, 0.4) is 0 Å². The van der Waals surface area contributed by atoms with Crippen molar-refractivity contribution in [2.45, 2.75) is 25.5 Å². The van der Waals surface area contributed by atoms with Gasteiger partial charge in [-0.25, -0.2) is 0 Å². The molecule has 2 heterocycles. The minimum atomic E-state index is -0.430. The minimum Gasteiger partial charge on any atom is -0.466 e. The largest absolute Gasteiger partial charge is 0.466 e. The summed E-state index contributed by atoms with van der Waals surface area (Å²) in [5.41, 5.74) is 0.485. The first-order valence-corrected chi connectivity index (χ1v) is 4.82. The Morgan fingerprint density at radius 3 is 3.07 bits per heavy atom. The van der Waals surface area contributed by atoms with Gasteiger partial charge in [-0.05, 0) is 19.1 Å². The molecule has 1 fully saturated rings. The van der Waals surface area contributed by atoms with Crippen molar-refractivity contribution < 1.29 is 9.53 Å². The predicted octanol–water partition coefficient (Wildman–Crippen LogP) is 1.92. The summed E-state index contributed by atoms with van der Waals surface area (Å²) in [5, 5.41) is 0. The highest BCUT2D eigenvalue weighted by Gasteiger charge is 2.49. The number of hydrogen-bond acceptors (Lipinski definition) is 2. The van der Waals surface area contributed by atoms with Crippen LogP contribution in [0.1, 0.15) is 19.8 Å². The number of nitrogens with zero attached hydrogens (tertiary/aromatic N) is 1. The summed E-state index contributed by atoms with van der Waals surface area (Å²) in [4.78, 5) is 13.4. The topological polar surface area (TPSA) is 29.5 Å². The van der Waals surface area contributed by atoms with Gasteiger partial charge in [0.05, 0.1) is 5.69 Å². The number of para-hydroxylation sites is 2. The van der Waals surface area contributed by atoms with Gasteiger partial charge >= 0.3 is 0 Å². The van der Waals surface area contributed by atoms with Crippen molar-refractivity contribution in [3.63, 3.8) is 0 Å². The smallest absolute Gasteiger partial charge is 0.230 e. The molecule has 3 heteroatoms. The van der Waals surface area contributed by atoms with Crippen molar-refractivity contribution in [1.29, 1.82) is 0 Å². The number of anilines is 1. The molecule has 0 aliphatic carbocycles. The number of carbonyl (C=O) groups excluding carboxylic acids is 1. The van der Waals surface area contributed by atoms with E-state index in [1.54, 1.807) is 4.90 Å². The number of carbonyl (C=O) groups is 1. The summed E-state index contributed by atoms with van der Waals surface area (Å²) >= 11 is 0. The molecule has 14 heavy (non-hydrogen) atoms. The molecule has 1 atom stereocenters. The maximum Gasteiger partial charge on any atom is 0.230 e. The molecule has 0 spiro atoms. The third-order valence-corrected chi connectivity index (χ3v) is 2.96. The van der Waals surface area contributed by atoms with Gasteiger partial charge in [0.15, 0.2) is 5.72 Å². The second-order valence-electron chi connectivity index (χ2n) is 3.97. The number of hydrogen-bond donors (Lipinski definition) is 0. The maximum absolute atomic E-state index is 11.7. The summed E-state index contributed by atoms with van der Waals surface area (Å²) in [6, 6.07) is 7.70. The fourth-order valence-electron chi connectivity index (χ4n) is 2.28. The first-order valence-electron chi connectivity index (χ1n) is 4.82. The molecule has 0 saturated carbocycles. The van der Waals surface area contributed by atoms with E-state index < -0.39 is 5.72 Å². The van der Waals surface area contributed by atoms with E-state index in [0.29, 0.717) is 6.42 Å². The molecule has 2 aliphatic heterocycles. The van der Waals surface area contributed by atoms with Crippen molar-refractivity contribution >= 4 is 11.6 Å². The summed E-state index contributed by atoms with van der Waals surface area (Å²) in [5.74, 6) is 0.987. The Kier molecular flexibility index (Phi) is 1.29. The van der Waals surface area contributed by atoms with E-state index >= 15 is 0 Å². The van der Waals surface area contributed by atoms with E-state index in [9.17, 15) is 4.79 Å². The molecular weight excluding hydrogens is 178 g/mol. The standard InChI is InChI=1S/C11H11NO2/c1-11-7-6-10(13)12(11)8-4-2-3-5-9(8)14-11/h2-5H,6-7H2,1H3/t11-/m0/s1. The molecule has 1 aromatic carbocycles. The Morgan fingerprint density at radius 1 is 1.43 bits per heavy atom. The number of rotatable bonds is 0. The van der Waals surface area contributed by atoms with Crippen LogP contribution in [0.5, 0.6) is 5.75 Å². The highest BCUT2D eigenvalue weighted by atomic mass is 16.5.